The van der Waals surface area contributed by atoms with Crippen LogP contribution in [0.15, 0.2) is 12.3 Å². The molecule has 0 fully saturated rings. The molecule has 66 valence electrons. The van der Waals surface area contributed by atoms with Crippen LogP contribution in [0, 0.1) is 2.88 Å². The van der Waals surface area contributed by atoms with Gasteiger partial charge in [0.25, 0.3) is 0 Å². The third-order valence-corrected chi connectivity index (χ3v) is 3.17. The fraction of sp³-hybridized carbons (Fsp3) is 0.375. The standard InChI is InChI=1S/C8H11IN2S/c1-6(10-2)3-4-8-11-5-7(9)12-8/h3-6,10H,1-2H3/b4-3+. The Labute approximate surface area is 90.2 Å². The molecule has 12 heavy (non-hydrogen) atoms. The Balaban J connectivity index is 2.57. The van der Waals surface area contributed by atoms with Crippen molar-refractivity contribution in [3.8, 4) is 0 Å². The van der Waals surface area contributed by atoms with E-state index in [1.807, 2.05) is 19.3 Å². The van der Waals surface area contributed by atoms with Crippen molar-refractivity contribution in [2.75, 3.05) is 7.05 Å². The van der Waals surface area contributed by atoms with Gasteiger partial charge in [-0.25, -0.2) is 4.98 Å². The monoisotopic (exact) mass is 294 g/mol. The first-order chi connectivity index (χ1) is 5.72. The van der Waals surface area contributed by atoms with E-state index in [1.54, 1.807) is 11.3 Å². The first-order valence-corrected chi connectivity index (χ1v) is 5.58. The minimum absolute atomic E-state index is 0.409. The Bertz CT molecular complexity index is 270. The molecule has 0 saturated heterocycles. The normalized spacial score (nSPS) is 13.9. The second-order valence-corrected chi connectivity index (χ2v) is 5.40. The van der Waals surface area contributed by atoms with Crippen LogP contribution in [-0.2, 0) is 0 Å². The van der Waals surface area contributed by atoms with Crippen LogP contribution in [0.4, 0.5) is 0 Å². The van der Waals surface area contributed by atoms with Crippen LogP contribution in [0.3, 0.4) is 0 Å². The van der Waals surface area contributed by atoms with E-state index in [1.165, 1.54) is 2.88 Å². The number of aromatic nitrogens is 1. The predicted octanol–water partition coefficient (Wildman–Crippen LogP) is 2.37. The molecule has 4 heteroatoms. The van der Waals surface area contributed by atoms with E-state index < -0.39 is 0 Å². The van der Waals surface area contributed by atoms with Gasteiger partial charge in [-0.3, -0.25) is 0 Å². The molecule has 0 amide bonds. The van der Waals surface area contributed by atoms with Crippen molar-refractivity contribution >= 4 is 40.0 Å². The topological polar surface area (TPSA) is 24.9 Å². The fourth-order valence-corrected chi connectivity index (χ4v) is 2.04. The highest BCUT2D eigenvalue weighted by Crippen LogP contribution is 2.15. The predicted molar refractivity (Wildman–Crippen MR) is 62.4 cm³/mol. The average Bonchev–Trinajstić information content (AvgIpc) is 2.47. The van der Waals surface area contributed by atoms with E-state index in [-0.39, 0.29) is 0 Å². The van der Waals surface area contributed by atoms with E-state index in [0.29, 0.717) is 6.04 Å². The van der Waals surface area contributed by atoms with Crippen LogP contribution in [0.2, 0.25) is 0 Å². The number of rotatable bonds is 3. The van der Waals surface area contributed by atoms with Gasteiger partial charge in [0.1, 0.15) is 5.01 Å². The minimum Gasteiger partial charge on any atom is -0.314 e. The van der Waals surface area contributed by atoms with E-state index in [0.717, 1.165) is 5.01 Å². The third-order valence-electron chi connectivity index (χ3n) is 1.48. The van der Waals surface area contributed by atoms with Crippen molar-refractivity contribution in [1.29, 1.82) is 0 Å². The van der Waals surface area contributed by atoms with Gasteiger partial charge in [0, 0.05) is 6.04 Å². The Hall–Kier alpha value is 0.0600. The van der Waals surface area contributed by atoms with Gasteiger partial charge in [-0.1, -0.05) is 6.08 Å². The Morgan fingerprint density at radius 1 is 1.75 bits per heavy atom. The second kappa shape index (κ2) is 4.94. The summed E-state index contributed by atoms with van der Waals surface area (Å²) in [5, 5.41) is 4.20. The smallest absolute Gasteiger partial charge is 0.116 e. The summed E-state index contributed by atoms with van der Waals surface area (Å²) in [6.07, 6.45) is 6.04. The summed E-state index contributed by atoms with van der Waals surface area (Å²) in [7, 11) is 1.95. The highest BCUT2D eigenvalue weighted by atomic mass is 127. The van der Waals surface area contributed by atoms with Crippen LogP contribution in [0.25, 0.3) is 6.08 Å². The Morgan fingerprint density at radius 3 is 3.00 bits per heavy atom. The van der Waals surface area contributed by atoms with Crippen molar-refractivity contribution in [3.63, 3.8) is 0 Å². The molecule has 0 aliphatic rings. The first kappa shape index (κ1) is 10.1. The maximum atomic E-state index is 4.22. The van der Waals surface area contributed by atoms with Crippen molar-refractivity contribution in [3.05, 3.63) is 20.2 Å². The van der Waals surface area contributed by atoms with Crippen molar-refractivity contribution < 1.29 is 0 Å². The van der Waals surface area contributed by atoms with Crippen molar-refractivity contribution in [1.82, 2.24) is 10.3 Å². The molecule has 1 N–H and O–H groups in total. The number of hydrogen-bond acceptors (Lipinski definition) is 3. The van der Waals surface area contributed by atoms with E-state index >= 15 is 0 Å². The SMILES string of the molecule is CNC(C)/C=C/c1ncc(I)s1. The average molecular weight is 294 g/mol. The highest BCUT2D eigenvalue weighted by molar-refractivity contribution is 14.1. The van der Waals surface area contributed by atoms with E-state index in [4.69, 9.17) is 0 Å². The number of halogens is 1. The lowest BCUT2D eigenvalue weighted by molar-refractivity contribution is 0.731. The van der Waals surface area contributed by atoms with Gasteiger partial charge < -0.3 is 5.32 Å². The van der Waals surface area contributed by atoms with Gasteiger partial charge in [-0.05, 0) is 42.6 Å². The molecular formula is C8H11IN2S. The fourth-order valence-electron chi connectivity index (χ4n) is 0.667. The van der Waals surface area contributed by atoms with E-state index in [2.05, 4.69) is 45.9 Å². The van der Waals surface area contributed by atoms with Gasteiger partial charge >= 0.3 is 0 Å². The van der Waals surface area contributed by atoms with Gasteiger partial charge in [0.15, 0.2) is 0 Å². The van der Waals surface area contributed by atoms with Crippen LogP contribution in [-0.4, -0.2) is 18.1 Å². The largest absolute Gasteiger partial charge is 0.314 e. The number of nitrogens with zero attached hydrogens (tertiary/aromatic N) is 1. The Kier molecular flexibility index (Phi) is 4.17. The van der Waals surface area contributed by atoms with Gasteiger partial charge in [-0.15, -0.1) is 11.3 Å². The van der Waals surface area contributed by atoms with Gasteiger partial charge in [-0.2, -0.15) is 0 Å². The number of likely N-dealkylation sites (N-methyl/N-ethyl adjacent to an activating group) is 1. The molecule has 0 spiro atoms. The minimum atomic E-state index is 0.409. The summed E-state index contributed by atoms with van der Waals surface area (Å²) in [4.78, 5) is 4.22. The van der Waals surface area contributed by atoms with Crippen LogP contribution in [0.1, 0.15) is 11.9 Å². The highest BCUT2D eigenvalue weighted by Gasteiger charge is 1.95. The number of thiazole rings is 1. The molecule has 1 heterocycles. The lowest BCUT2D eigenvalue weighted by Crippen LogP contribution is -2.17. The molecule has 1 aromatic heterocycles. The molecule has 1 rings (SSSR count). The summed E-state index contributed by atoms with van der Waals surface area (Å²) in [6.45, 7) is 2.11. The molecule has 0 aliphatic carbocycles. The second-order valence-electron chi connectivity index (χ2n) is 2.44. The lowest BCUT2D eigenvalue weighted by Gasteiger charge is -2.00. The zero-order valence-corrected chi connectivity index (χ0v) is 10.0. The lowest BCUT2D eigenvalue weighted by atomic mass is 10.3. The van der Waals surface area contributed by atoms with Gasteiger partial charge in [0.2, 0.25) is 0 Å². The first-order valence-electron chi connectivity index (χ1n) is 3.69. The van der Waals surface area contributed by atoms with Crippen molar-refractivity contribution in [2.45, 2.75) is 13.0 Å². The molecule has 0 bridgehead atoms. The summed E-state index contributed by atoms with van der Waals surface area (Å²) in [6, 6.07) is 0.409. The Morgan fingerprint density at radius 2 is 2.50 bits per heavy atom. The van der Waals surface area contributed by atoms with Gasteiger partial charge in [0.05, 0.1) is 9.08 Å². The molecule has 0 radical (unpaired) electrons. The molecule has 1 unspecified atom stereocenters. The molecule has 0 aliphatic heterocycles. The summed E-state index contributed by atoms with van der Waals surface area (Å²) >= 11 is 3.97. The maximum absolute atomic E-state index is 4.22. The zero-order chi connectivity index (χ0) is 8.97. The van der Waals surface area contributed by atoms with Crippen LogP contribution >= 0.6 is 33.9 Å². The summed E-state index contributed by atoms with van der Waals surface area (Å²) in [5.74, 6) is 0. The molecule has 1 atom stereocenters. The molecule has 0 aromatic carbocycles. The maximum Gasteiger partial charge on any atom is 0.116 e. The van der Waals surface area contributed by atoms with Crippen LogP contribution in [0.5, 0.6) is 0 Å². The number of hydrogen-bond donors (Lipinski definition) is 1. The van der Waals surface area contributed by atoms with Crippen LogP contribution < -0.4 is 5.32 Å². The molecule has 2 nitrogen and oxygen atoms in total. The molecular weight excluding hydrogens is 283 g/mol. The molecule has 1 aromatic rings. The number of nitrogens with one attached hydrogen (secondary N) is 1. The quantitative estimate of drug-likeness (QED) is 0.866. The summed E-state index contributed by atoms with van der Waals surface area (Å²) < 4.78 is 1.23. The van der Waals surface area contributed by atoms with Crippen molar-refractivity contribution in [2.24, 2.45) is 0 Å². The zero-order valence-electron chi connectivity index (χ0n) is 7.04. The summed E-state index contributed by atoms with van der Waals surface area (Å²) in [5.41, 5.74) is 0. The molecule has 0 saturated carbocycles. The van der Waals surface area contributed by atoms with E-state index in [9.17, 15) is 0 Å². The third kappa shape index (κ3) is 3.20.